The number of aryl methyl sites for hydroxylation is 1. The first kappa shape index (κ1) is 24.4. The highest BCUT2D eigenvalue weighted by Crippen LogP contribution is 2.52. The SMILES string of the molecule is CNCc1cccc(N2c3nc(Nc4ccc(-c5cnn(C)c5)nc4)ncc3[C@@]3(C)COC(C)(C)C[C@@H]23)n1. The number of nitrogens with zero attached hydrogens (tertiary/aromatic N) is 7. The number of nitrogens with one attached hydrogen (secondary N) is 2. The number of fused-ring (bicyclic) bond motifs is 3. The molecule has 4 aromatic heterocycles. The Labute approximate surface area is 222 Å². The minimum Gasteiger partial charge on any atom is -0.374 e. The molecule has 1 fully saturated rings. The van der Waals surface area contributed by atoms with Gasteiger partial charge in [0.15, 0.2) is 0 Å². The minimum absolute atomic E-state index is 0.142. The van der Waals surface area contributed by atoms with Gasteiger partial charge >= 0.3 is 0 Å². The number of anilines is 4. The lowest BCUT2D eigenvalue weighted by molar-refractivity contribution is -0.0893. The summed E-state index contributed by atoms with van der Waals surface area (Å²) in [6.45, 7) is 7.85. The number of ether oxygens (including phenoxy) is 1. The lowest BCUT2D eigenvalue weighted by atomic mass is 9.73. The summed E-state index contributed by atoms with van der Waals surface area (Å²) in [6.07, 6.45) is 8.32. The van der Waals surface area contributed by atoms with E-state index in [1.165, 1.54) is 0 Å². The Morgan fingerprint density at radius 1 is 1.05 bits per heavy atom. The third-order valence-corrected chi connectivity index (χ3v) is 7.52. The van der Waals surface area contributed by atoms with Crippen molar-refractivity contribution in [3.05, 3.63) is 66.4 Å². The highest BCUT2D eigenvalue weighted by molar-refractivity contribution is 5.71. The van der Waals surface area contributed by atoms with Crippen molar-refractivity contribution in [2.24, 2.45) is 7.05 Å². The van der Waals surface area contributed by atoms with E-state index in [-0.39, 0.29) is 17.1 Å². The summed E-state index contributed by atoms with van der Waals surface area (Å²) >= 11 is 0. The Balaban J connectivity index is 1.36. The van der Waals surface area contributed by atoms with Crippen molar-refractivity contribution in [1.29, 1.82) is 0 Å². The van der Waals surface area contributed by atoms with Crippen LogP contribution in [0.15, 0.2) is 55.1 Å². The van der Waals surface area contributed by atoms with E-state index in [4.69, 9.17) is 19.7 Å². The Bertz CT molecular complexity index is 1470. The molecule has 2 aliphatic heterocycles. The third kappa shape index (κ3) is 4.29. The van der Waals surface area contributed by atoms with Crippen molar-refractivity contribution < 1.29 is 4.74 Å². The van der Waals surface area contributed by atoms with Gasteiger partial charge in [0.1, 0.15) is 11.6 Å². The van der Waals surface area contributed by atoms with E-state index in [0.29, 0.717) is 19.1 Å². The zero-order chi connectivity index (χ0) is 26.5. The van der Waals surface area contributed by atoms with Gasteiger partial charge in [0.2, 0.25) is 5.95 Å². The summed E-state index contributed by atoms with van der Waals surface area (Å²) < 4.78 is 8.08. The number of hydrogen-bond donors (Lipinski definition) is 2. The van der Waals surface area contributed by atoms with E-state index in [0.717, 1.165) is 46.3 Å². The molecule has 4 aromatic rings. The molecule has 0 aliphatic carbocycles. The van der Waals surface area contributed by atoms with E-state index in [1.54, 1.807) is 17.1 Å². The second kappa shape index (κ2) is 9.14. The molecule has 2 aliphatic rings. The van der Waals surface area contributed by atoms with Gasteiger partial charge in [-0.05, 0) is 51.6 Å². The molecule has 1 saturated heterocycles. The van der Waals surface area contributed by atoms with Crippen molar-refractivity contribution in [3.63, 3.8) is 0 Å². The van der Waals surface area contributed by atoms with Crippen LogP contribution in [0.4, 0.5) is 23.3 Å². The molecule has 0 bridgehead atoms. The van der Waals surface area contributed by atoms with Crippen LogP contribution < -0.4 is 15.5 Å². The second-order valence-corrected chi connectivity index (χ2v) is 11.0. The smallest absolute Gasteiger partial charge is 0.229 e. The summed E-state index contributed by atoms with van der Waals surface area (Å²) in [4.78, 5) is 21.6. The maximum Gasteiger partial charge on any atom is 0.229 e. The largest absolute Gasteiger partial charge is 0.374 e. The van der Waals surface area contributed by atoms with Crippen LogP contribution in [0.3, 0.4) is 0 Å². The minimum atomic E-state index is -0.253. The van der Waals surface area contributed by atoms with Crippen molar-refractivity contribution in [1.82, 2.24) is 35.0 Å². The van der Waals surface area contributed by atoms with Crippen LogP contribution in [-0.4, -0.2) is 55.0 Å². The first-order valence-electron chi connectivity index (χ1n) is 12.9. The number of hydrogen-bond acceptors (Lipinski definition) is 9. The van der Waals surface area contributed by atoms with E-state index >= 15 is 0 Å². The van der Waals surface area contributed by atoms with Gasteiger partial charge in [-0.1, -0.05) is 13.0 Å². The van der Waals surface area contributed by atoms with Crippen molar-refractivity contribution in [3.8, 4) is 11.3 Å². The van der Waals surface area contributed by atoms with Crippen LogP contribution >= 0.6 is 0 Å². The molecule has 38 heavy (non-hydrogen) atoms. The molecular formula is C28H33N9O. The van der Waals surface area contributed by atoms with Gasteiger partial charge in [-0.15, -0.1) is 0 Å². The van der Waals surface area contributed by atoms with E-state index < -0.39 is 0 Å². The molecule has 6 heterocycles. The van der Waals surface area contributed by atoms with Gasteiger partial charge in [-0.25, -0.2) is 9.97 Å². The Morgan fingerprint density at radius 3 is 2.66 bits per heavy atom. The van der Waals surface area contributed by atoms with Crippen LogP contribution in [0.25, 0.3) is 11.3 Å². The second-order valence-electron chi connectivity index (χ2n) is 11.0. The third-order valence-electron chi connectivity index (χ3n) is 7.52. The fourth-order valence-electron chi connectivity index (χ4n) is 5.46. The summed E-state index contributed by atoms with van der Waals surface area (Å²) in [5, 5.41) is 10.8. The highest BCUT2D eigenvalue weighted by Gasteiger charge is 2.55. The maximum atomic E-state index is 6.32. The molecule has 0 unspecified atom stereocenters. The van der Waals surface area contributed by atoms with Crippen molar-refractivity contribution in [2.45, 2.75) is 50.8 Å². The summed E-state index contributed by atoms with van der Waals surface area (Å²) in [5.41, 5.74) is 4.20. The average Bonchev–Trinajstić information content (AvgIpc) is 3.43. The number of rotatable bonds is 6. The first-order valence-corrected chi connectivity index (χ1v) is 12.9. The quantitative estimate of drug-likeness (QED) is 0.396. The van der Waals surface area contributed by atoms with E-state index in [2.05, 4.69) is 58.5 Å². The predicted octanol–water partition coefficient (Wildman–Crippen LogP) is 4.11. The molecule has 10 heteroatoms. The molecule has 0 radical (unpaired) electrons. The average molecular weight is 512 g/mol. The van der Waals surface area contributed by atoms with Gasteiger partial charge < -0.3 is 20.3 Å². The zero-order valence-corrected chi connectivity index (χ0v) is 22.4. The van der Waals surface area contributed by atoms with Gasteiger partial charge in [0.05, 0.1) is 47.7 Å². The highest BCUT2D eigenvalue weighted by atomic mass is 16.5. The van der Waals surface area contributed by atoms with Crippen molar-refractivity contribution >= 4 is 23.3 Å². The van der Waals surface area contributed by atoms with Crippen molar-refractivity contribution in [2.75, 3.05) is 23.9 Å². The topological polar surface area (TPSA) is 106 Å². The van der Waals surface area contributed by atoms with Gasteiger partial charge in [-0.3, -0.25) is 9.67 Å². The Kier molecular flexibility index (Phi) is 5.88. The van der Waals surface area contributed by atoms with Gasteiger partial charge in [0, 0.05) is 42.5 Å². The Morgan fingerprint density at radius 2 is 1.92 bits per heavy atom. The van der Waals surface area contributed by atoms with E-state index in [1.807, 2.05) is 44.7 Å². The predicted molar refractivity (Wildman–Crippen MR) is 147 cm³/mol. The maximum absolute atomic E-state index is 6.32. The molecule has 6 rings (SSSR count). The molecule has 0 aromatic carbocycles. The van der Waals surface area contributed by atoms with Gasteiger partial charge in [0.25, 0.3) is 0 Å². The van der Waals surface area contributed by atoms with Crippen LogP contribution in [0.5, 0.6) is 0 Å². The molecule has 2 N–H and O–H groups in total. The first-order chi connectivity index (χ1) is 18.3. The zero-order valence-electron chi connectivity index (χ0n) is 22.4. The molecule has 2 atom stereocenters. The summed E-state index contributed by atoms with van der Waals surface area (Å²) in [6, 6.07) is 10.2. The fraction of sp³-hybridized carbons (Fsp3) is 0.393. The number of pyridine rings is 2. The fourth-order valence-corrected chi connectivity index (χ4v) is 5.46. The van der Waals surface area contributed by atoms with Crippen LogP contribution in [0.1, 0.15) is 38.4 Å². The van der Waals surface area contributed by atoms with Gasteiger partial charge in [-0.2, -0.15) is 10.1 Å². The molecule has 0 saturated carbocycles. The molecule has 196 valence electrons. The monoisotopic (exact) mass is 511 g/mol. The molecule has 10 nitrogen and oxygen atoms in total. The standard InChI is InChI=1S/C28H33N9O/c1-27(2)11-23-28(3,17-38-27)21-15-31-26(34-20-9-10-22(30-14-20)18-12-32-36(5)16-18)35-25(21)37(23)24-8-6-7-19(33-24)13-29-4/h6-10,12,14-16,23,29H,11,13,17H2,1-5H3,(H,31,34,35)/t23-,28-/m1/s1. The van der Waals surface area contributed by atoms with E-state index in [9.17, 15) is 0 Å². The number of aromatic nitrogens is 6. The lowest BCUT2D eigenvalue weighted by Gasteiger charge is -2.46. The molecular weight excluding hydrogens is 478 g/mol. The summed E-state index contributed by atoms with van der Waals surface area (Å²) in [7, 11) is 3.82. The van der Waals surface area contributed by atoms with Crippen LogP contribution in [0.2, 0.25) is 0 Å². The van der Waals surface area contributed by atoms with Crippen LogP contribution in [-0.2, 0) is 23.7 Å². The lowest BCUT2D eigenvalue weighted by Crippen LogP contribution is -2.54. The van der Waals surface area contributed by atoms with Crippen LogP contribution in [0, 0.1) is 0 Å². The normalized spacial score (nSPS) is 21.7. The Hall–Kier alpha value is -3.89. The molecule has 0 spiro atoms. The summed E-state index contributed by atoms with van der Waals surface area (Å²) in [5.74, 6) is 2.27. The molecule has 0 amide bonds.